The molecule has 126 valence electrons. The SMILES string of the molecule is CN1C(=O)c2ccccc2N(C)[C@H]1c1ccn(-c2cccc(Br)c2)c1. The molecule has 1 atom stereocenters. The van der Waals surface area contributed by atoms with Crippen molar-refractivity contribution in [1.82, 2.24) is 9.47 Å². The summed E-state index contributed by atoms with van der Waals surface area (Å²) in [6.07, 6.45) is 3.99. The summed E-state index contributed by atoms with van der Waals surface area (Å²) in [7, 11) is 3.89. The molecule has 0 fully saturated rings. The van der Waals surface area contributed by atoms with Crippen molar-refractivity contribution in [3.63, 3.8) is 0 Å². The van der Waals surface area contributed by atoms with Crippen LogP contribution < -0.4 is 4.90 Å². The van der Waals surface area contributed by atoms with E-state index in [9.17, 15) is 4.79 Å². The van der Waals surface area contributed by atoms with Crippen molar-refractivity contribution in [1.29, 1.82) is 0 Å². The first-order valence-corrected chi connectivity index (χ1v) is 8.88. The standard InChI is InChI=1S/C20H18BrN3O/c1-22-18-9-4-3-8-17(18)20(25)23(2)19(22)14-10-11-24(13-14)16-7-5-6-15(21)12-16/h3-13,19H,1-2H3/t19-/m1/s1. The monoisotopic (exact) mass is 395 g/mol. The summed E-state index contributed by atoms with van der Waals surface area (Å²) in [5.41, 5.74) is 3.86. The van der Waals surface area contributed by atoms with Crippen molar-refractivity contribution in [2.45, 2.75) is 6.17 Å². The van der Waals surface area contributed by atoms with E-state index in [2.05, 4.69) is 49.8 Å². The number of fused-ring (bicyclic) bond motifs is 1. The van der Waals surface area contributed by atoms with Crippen LogP contribution in [0.4, 0.5) is 5.69 Å². The third-order valence-electron chi connectivity index (χ3n) is 4.69. The second-order valence-corrected chi connectivity index (χ2v) is 7.17. The van der Waals surface area contributed by atoms with E-state index in [0.29, 0.717) is 0 Å². The zero-order chi connectivity index (χ0) is 17.6. The van der Waals surface area contributed by atoms with Crippen LogP contribution >= 0.6 is 15.9 Å². The van der Waals surface area contributed by atoms with Gasteiger partial charge in [0.1, 0.15) is 6.17 Å². The van der Waals surface area contributed by atoms with E-state index in [1.165, 1.54) is 0 Å². The predicted octanol–water partition coefficient (Wildman–Crippen LogP) is 4.46. The molecule has 0 N–H and O–H groups in total. The van der Waals surface area contributed by atoms with Gasteiger partial charge in [0, 0.05) is 42.2 Å². The summed E-state index contributed by atoms with van der Waals surface area (Å²) in [4.78, 5) is 16.7. The lowest BCUT2D eigenvalue weighted by atomic mass is 10.0. The van der Waals surface area contributed by atoms with E-state index in [0.717, 1.165) is 27.0 Å². The molecule has 5 heteroatoms. The molecule has 4 rings (SSSR count). The molecule has 0 unspecified atom stereocenters. The molecule has 0 saturated heterocycles. The number of halogens is 1. The Hall–Kier alpha value is -2.53. The molecule has 1 amide bonds. The van der Waals surface area contributed by atoms with Gasteiger partial charge in [-0.3, -0.25) is 4.79 Å². The number of nitrogens with zero attached hydrogens (tertiary/aromatic N) is 3. The van der Waals surface area contributed by atoms with Crippen LogP contribution in [0.3, 0.4) is 0 Å². The summed E-state index contributed by atoms with van der Waals surface area (Å²) in [6, 6.07) is 18.0. The predicted molar refractivity (Wildman–Crippen MR) is 103 cm³/mol. The molecule has 25 heavy (non-hydrogen) atoms. The number of anilines is 1. The first-order valence-electron chi connectivity index (χ1n) is 8.09. The second kappa shape index (κ2) is 6.08. The fraction of sp³-hybridized carbons (Fsp3) is 0.150. The lowest BCUT2D eigenvalue weighted by molar-refractivity contribution is 0.0711. The van der Waals surface area contributed by atoms with Gasteiger partial charge in [0.05, 0.1) is 11.3 Å². The van der Waals surface area contributed by atoms with Crippen LogP contribution in [0.1, 0.15) is 22.1 Å². The van der Waals surface area contributed by atoms with E-state index in [1.54, 1.807) is 4.90 Å². The molecule has 3 aromatic rings. The van der Waals surface area contributed by atoms with Crippen LogP contribution in [0.5, 0.6) is 0 Å². The molecule has 0 radical (unpaired) electrons. The maximum atomic E-state index is 12.8. The van der Waals surface area contributed by atoms with Gasteiger partial charge in [-0.2, -0.15) is 0 Å². The van der Waals surface area contributed by atoms with E-state index >= 15 is 0 Å². The van der Waals surface area contributed by atoms with Gasteiger partial charge in [-0.05, 0) is 36.4 Å². The number of aromatic nitrogens is 1. The highest BCUT2D eigenvalue weighted by Crippen LogP contribution is 2.36. The van der Waals surface area contributed by atoms with Crippen molar-refractivity contribution in [2.24, 2.45) is 0 Å². The fourth-order valence-corrected chi connectivity index (χ4v) is 3.85. The molecule has 2 heterocycles. The fourth-order valence-electron chi connectivity index (χ4n) is 3.46. The van der Waals surface area contributed by atoms with Crippen LogP contribution in [-0.4, -0.2) is 29.5 Å². The summed E-state index contributed by atoms with van der Waals surface area (Å²) in [5, 5.41) is 0. The molecule has 4 nitrogen and oxygen atoms in total. The molecule has 2 aromatic carbocycles. The van der Waals surface area contributed by atoms with Gasteiger partial charge >= 0.3 is 0 Å². The van der Waals surface area contributed by atoms with Gasteiger partial charge < -0.3 is 14.4 Å². The van der Waals surface area contributed by atoms with Crippen LogP contribution in [0.15, 0.2) is 71.5 Å². The lowest BCUT2D eigenvalue weighted by Gasteiger charge is -2.41. The van der Waals surface area contributed by atoms with E-state index in [1.807, 2.05) is 56.7 Å². The van der Waals surface area contributed by atoms with Crippen molar-refractivity contribution in [3.8, 4) is 5.69 Å². The zero-order valence-corrected chi connectivity index (χ0v) is 15.6. The van der Waals surface area contributed by atoms with E-state index < -0.39 is 0 Å². The summed E-state index contributed by atoms with van der Waals surface area (Å²) < 4.78 is 3.11. The number of rotatable bonds is 2. The molecule has 1 aromatic heterocycles. The minimum Gasteiger partial charge on any atom is -0.350 e. The second-order valence-electron chi connectivity index (χ2n) is 6.25. The Morgan fingerprint density at radius 2 is 1.76 bits per heavy atom. The number of amides is 1. The average Bonchev–Trinajstić information content (AvgIpc) is 3.10. The third-order valence-corrected chi connectivity index (χ3v) is 5.18. The normalized spacial score (nSPS) is 16.9. The molecule has 0 spiro atoms. The number of benzene rings is 2. The first-order chi connectivity index (χ1) is 12.1. The Kier molecular flexibility index (Phi) is 3.88. The summed E-state index contributed by atoms with van der Waals surface area (Å²) in [5.74, 6) is 0.0499. The number of hydrogen-bond acceptors (Lipinski definition) is 2. The highest BCUT2D eigenvalue weighted by molar-refractivity contribution is 9.10. The minimum atomic E-state index is -0.129. The van der Waals surface area contributed by atoms with Gasteiger partial charge in [0.2, 0.25) is 0 Å². The zero-order valence-electron chi connectivity index (χ0n) is 14.1. The minimum absolute atomic E-state index is 0.0499. The van der Waals surface area contributed by atoms with E-state index in [-0.39, 0.29) is 12.1 Å². The smallest absolute Gasteiger partial charge is 0.257 e. The molecular weight excluding hydrogens is 378 g/mol. The van der Waals surface area contributed by atoms with Gasteiger partial charge in [0.25, 0.3) is 5.91 Å². The molecule has 1 aliphatic heterocycles. The maximum Gasteiger partial charge on any atom is 0.257 e. The Labute approximate surface area is 155 Å². The average molecular weight is 396 g/mol. The highest BCUT2D eigenvalue weighted by Gasteiger charge is 2.34. The van der Waals surface area contributed by atoms with Gasteiger partial charge in [-0.15, -0.1) is 0 Å². The molecule has 0 aliphatic carbocycles. The van der Waals surface area contributed by atoms with Crippen molar-refractivity contribution < 1.29 is 4.79 Å². The maximum absolute atomic E-state index is 12.8. The van der Waals surface area contributed by atoms with Gasteiger partial charge in [0.15, 0.2) is 0 Å². The Morgan fingerprint density at radius 3 is 2.56 bits per heavy atom. The number of para-hydroxylation sites is 1. The molecule has 0 bridgehead atoms. The van der Waals surface area contributed by atoms with E-state index in [4.69, 9.17) is 0 Å². The van der Waals surface area contributed by atoms with Crippen LogP contribution in [0.2, 0.25) is 0 Å². The van der Waals surface area contributed by atoms with Crippen molar-refractivity contribution in [2.75, 3.05) is 19.0 Å². The summed E-state index contributed by atoms with van der Waals surface area (Å²) >= 11 is 3.51. The number of hydrogen-bond donors (Lipinski definition) is 0. The summed E-state index contributed by atoms with van der Waals surface area (Å²) in [6.45, 7) is 0. The Balaban J connectivity index is 1.74. The Bertz CT molecular complexity index is 949. The largest absolute Gasteiger partial charge is 0.350 e. The van der Waals surface area contributed by atoms with Crippen LogP contribution in [0.25, 0.3) is 5.69 Å². The van der Waals surface area contributed by atoms with Crippen LogP contribution in [0, 0.1) is 0 Å². The third kappa shape index (κ3) is 2.65. The lowest BCUT2D eigenvalue weighted by Crippen LogP contribution is -2.45. The van der Waals surface area contributed by atoms with Crippen molar-refractivity contribution >= 4 is 27.5 Å². The highest BCUT2D eigenvalue weighted by atomic mass is 79.9. The molecular formula is C20H18BrN3O. The molecule has 0 saturated carbocycles. The van der Waals surface area contributed by atoms with Gasteiger partial charge in [-0.1, -0.05) is 34.1 Å². The topological polar surface area (TPSA) is 28.5 Å². The van der Waals surface area contributed by atoms with Gasteiger partial charge in [-0.25, -0.2) is 0 Å². The Morgan fingerprint density at radius 1 is 0.960 bits per heavy atom. The number of carbonyl (C=O) groups excluding carboxylic acids is 1. The molecule has 1 aliphatic rings. The quantitative estimate of drug-likeness (QED) is 0.640. The number of carbonyl (C=O) groups is 1. The van der Waals surface area contributed by atoms with Crippen molar-refractivity contribution in [3.05, 3.63) is 82.6 Å². The van der Waals surface area contributed by atoms with Crippen LogP contribution in [-0.2, 0) is 0 Å². The first kappa shape index (κ1) is 16.0.